The van der Waals surface area contributed by atoms with Gasteiger partial charge in [0.05, 0.1) is 0 Å². The van der Waals surface area contributed by atoms with Crippen LogP contribution in [0, 0.1) is 11.7 Å². The molecule has 0 spiro atoms. The van der Waals surface area contributed by atoms with Gasteiger partial charge in [-0.1, -0.05) is 13.8 Å². The summed E-state index contributed by atoms with van der Waals surface area (Å²) in [6, 6.07) is 5.71. The fraction of sp³-hybridized carbons (Fsp3) is 0.562. The van der Waals surface area contributed by atoms with Crippen LogP contribution in [0.5, 0.6) is 5.75 Å². The molecule has 1 atom stereocenters. The Labute approximate surface area is 131 Å². The Morgan fingerprint density at radius 2 is 1.95 bits per heavy atom. The molecule has 3 N–H and O–H groups in total. The Morgan fingerprint density at radius 1 is 1.27 bits per heavy atom. The lowest BCUT2D eigenvalue weighted by Gasteiger charge is -2.16. The number of hydrogen-bond acceptors (Lipinski definition) is 3. The van der Waals surface area contributed by atoms with Crippen molar-refractivity contribution >= 4 is 5.96 Å². The van der Waals surface area contributed by atoms with Crippen LogP contribution in [0.2, 0.25) is 0 Å². The van der Waals surface area contributed by atoms with E-state index in [4.69, 9.17) is 4.74 Å². The van der Waals surface area contributed by atoms with E-state index in [1.54, 1.807) is 0 Å². The third kappa shape index (κ3) is 7.83. The normalized spacial score (nSPS) is 13.1. The van der Waals surface area contributed by atoms with Crippen LogP contribution < -0.4 is 15.4 Å². The highest BCUT2D eigenvalue weighted by Gasteiger charge is 2.07. The van der Waals surface area contributed by atoms with Crippen molar-refractivity contribution in [2.45, 2.75) is 26.9 Å². The van der Waals surface area contributed by atoms with Crippen LogP contribution in [0.4, 0.5) is 4.39 Å². The van der Waals surface area contributed by atoms with E-state index in [0.717, 1.165) is 13.1 Å². The Balaban J connectivity index is 2.34. The molecule has 0 saturated heterocycles. The monoisotopic (exact) mass is 311 g/mol. The molecule has 0 bridgehead atoms. The molecule has 6 heteroatoms. The zero-order valence-electron chi connectivity index (χ0n) is 13.5. The van der Waals surface area contributed by atoms with Crippen molar-refractivity contribution in [2.24, 2.45) is 10.9 Å². The van der Waals surface area contributed by atoms with Crippen LogP contribution in [0.3, 0.4) is 0 Å². The number of nitrogens with one attached hydrogen (secondary N) is 2. The maximum absolute atomic E-state index is 12.8. The number of aliphatic imine (C=N–C) groups is 1. The zero-order chi connectivity index (χ0) is 16.4. The number of guanidine groups is 1. The molecule has 0 heterocycles. The van der Waals surface area contributed by atoms with E-state index in [-0.39, 0.29) is 12.4 Å². The van der Waals surface area contributed by atoms with Crippen molar-refractivity contribution in [3.8, 4) is 5.75 Å². The standard InChI is InChI=1S/C16H26FN3O2/c1-4-18-16(19-9-12(2)3)20-10-14(21)11-22-15-7-5-13(17)6-8-15/h5-8,12,14,21H,4,9-11H2,1-3H3,(H2,18,19,20). The van der Waals surface area contributed by atoms with Crippen LogP contribution >= 0.6 is 0 Å². The van der Waals surface area contributed by atoms with Gasteiger partial charge in [-0.15, -0.1) is 0 Å². The molecule has 0 amide bonds. The first-order valence-corrected chi connectivity index (χ1v) is 7.59. The summed E-state index contributed by atoms with van der Waals surface area (Å²) >= 11 is 0. The number of aliphatic hydroxyl groups excluding tert-OH is 1. The molecule has 22 heavy (non-hydrogen) atoms. The smallest absolute Gasteiger partial charge is 0.191 e. The quantitative estimate of drug-likeness (QED) is 0.506. The average molecular weight is 311 g/mol. The number of halogens is 1. The minimum absolute atomic E-state index is 0.127. The van der Waals surface area contributed by atoms with E-state index in [2.05, 4.69) is 29.5 Å². The molecule has 0 saturated carbocycles. The van der Waals surface area contributed by atoms with Crippen LogP contribution in [0.1, 0.15) is 20.8 Å². The maximum Gasteiger partial charge on any atom is 0.191 e. The average Bonchev–Trinajstić information content (AvgIpc) is 2.49. The predicted molar refractivity (Wildman–Crippen MR) is 86.7 cm³/mol. The highest BCUT2D eigenvalue weighted by atomic mass is 19.1. The van der Waals surface area contributed by atoms with Crippen LogP contribution in [-0.2, 0) is 0 Å². The summed E-state index contributed by atoms with van der Waals surface area (Å²) in [5, 5.41) is 16.1. The zero-order valence-corrected chi connectivity index (χ0v) is 13.5. The second-order valence-electron chi connectivity index (χ2n) is 5.41. The van der Waals surface area contributed by atoms with Gasteiger partial charge in [-0.2, -0.15) is 0 Å². The Bertz CT molecular complexity index is 449. The molecule has 1 aromatic carbocycles. The summed E-state index contributed by atoms with van der Waals surface area (Å²) in [6.45, 7) is 8.11. The van der Waals surface area contributed by atoms with E-state index >= 15 is 0 Å². The molecule has 0 aliphatic heterocycles. The molecule has 0 fully saturated rings. The van der Waals surface area contributed by atoms with Gasteiger partial charge in [-0.25, -0.2) is 4.39 Å². The Morgan fingerprint density at radius 3 is 2.55 bits per heavy atom. The highest BCUT2D eigenvalue weighted by Crippen LogP contribution is 2.11. The third-order valence-corrected chi connectivity index (χ3v) is 2.72. The largest absolute Gasteiger partial charge is 0.491 e. The van der Waals surface area contributed by atoms with Gasteiger partial charge in [0, 0.05) is 19.6 Å². The second kappa shape index (κ2) is 10.00. The van der Waals surface area contributed by atoms with E-state index in [1.165, 1.54) is 24.3 Å². The minimum Gasteiger partial charge on any atom is -0.491 e. The van der Waals surface area contributed by atoms with Gasteiger partial charge in [0.2, 0.25) is 0 Å². The lowest BCUT2D eigenvalue weighted by atomic mass is 10.2. The Kier molecular flexibility index (Phi) is 8.28. The van der Waals surface area contributed by atoms with Gasteiger partial charge in [-0.3, -0.25) is 4.99 Å². The van der Waals surface area contributed by atoms with Crippen molar-refractivity contribution in [3.05, 3.63) is 30.1 Å². The van der Waals surface area contributed by atoms with Gasteiger partial charge in [0.1, 0.15) is 24.3 Å². The summed E-state index contributed by atoms with van der Waals surface area (Å²) in [5.41, 5.74) is 0. The molecule has 5 nitrogen and oxygen atoms in total. The van der Waals surface area contributed by atoms with Crippen molar-refractivity contribution < 1.29 is 14.2 Å². The first kappa shape index (κ1) is 18.2. The molecule has 0 aromatic heterocycles. The van der Waals surface area contributed by atoms with Gasteiger partial charge in [0.25, 0.3) is 0 Å². The van der Waals surface area contributed by atoms with Crippen LogP contribution in [0.25, 0.3) is 0 Å². The number of hydrogen-bond donors (Lipinski definition) is 3. The van der Waals surface area contributed by atoms with Gasteiger partial charge < -0.3 is 20.5 Å². The fourth-order valence-corrected chi connectivity index (χ4v) is 1.61. The summed E-state index contributed by atoms with van der Waals surface area (Å²) in [4.78, 5) is 4.41. The summed E-state index contributed by atoms with van der Waals surface area (Å²) in [6.07, 6.45) is -0.687. The van der Waals surface area contributed by atoms with E-state index < -0.39 is 6.10 Å². The number of ether oxygens (including phenoxy) is 1. The van der Waals surface area contributed by atoms with Crippen molar-refractivity contribution in [1.82, 2.24) is 10.6 Å². The second-order valence-corrected chi connectivity index (χ2v) is 5.41. The number of rotatable bonds is 8. The summed E-state index contributed by atoms with van der Waals surface area (Å²) in [7, 11) is 0. The minimum atomic E-state index is -0.687. The SMILES string of the molecule is CCNC(=NCC(C)C)NCC(O)COc1ccc(F)cc1. The topological polar surface area (TPSA) is 65.9 Å². The van der Waals surface area contributed by atoms with Gasteiger partial charge in [0.15, 0.2) is 5.96 Å². The van der Waals surface area contributed by atoms with Gasteiger partial charge >= 0.3 is 0 Å². The van der Waals surface area contributed by atoms with Crippen LogP contribution in [0.15, 0.2) is 29.3 Å². The third-order valence-electron chi connectivity index (χ3n) is 2.72. The summed E-state index contributed by atoms with van der Waals surface area (Å²) < 4.78 is 18.2. The van der Waals surface area contributed by atoms with E-state index in [1.807, 2.05) is 6.92 Å². The van der Waals surface area contributed by atoms with Gasteiger partial charge in [-0.05, 0) is 37.1 Å². The lowest BCUT2D eigenvalue weighted by molar-refractivity contribution is 0.110. The maximum atomic E-state index is 12.8. The number of benzene rings is 1. The van der Waals surface area contributed by atoms with Crippen molar-refractivity contribution in [1.29, 1.82) is 0 Å². The molecule has 1 unspecified atom stereocenters. The number of nitrogens with zero attached hydrogens (tertiary/aromatic N) is 1. The molecule has 0 aliphatic rings. The molecule has 124 valence electrons. The molecule has 1 aromatic rings. The molecule has 1 rings (SSSR count). The highest BCUT2D eigenvalue weighted by molar-refractivity contribution is 5.79. The molecular weight excluding hydrogens is 285 g/mol. The fourth-order valence-electron chi connectivity index (χ4n) is 1.61. The van der Waals surface area contributed by atoms with Crippen molar-refractivity contribution in [3.63, 3.8) is 0 Å². The molecule has 0 aliphatic carbocycles. The van der Waals surface area contributed by atoms with E-state index in [0.29, 0.717) is 24.2 Å². The van der Waals surface area contributed by atoms with E-state index in [9.17, 15) is 9.50 Å². The van der Waals surface area contributed by atoms with Crippen molar-refractivity contribution in [2.75, 3.05) is 26.2 Å². The first-order chi connectivity index (χ1) is 10.5. The Hall–Kier alpha value is -1.82. The molecular formula is C16H26FN3O2. The molecule has 0 radical (unpaired) electrons. The van der Waals surface area contributed by atoms with Crippen LogP contribution in [-0.4, -0.2) is 43.4 Å². The first-order valence-electron chi connectivity index (χ1n) is 7.59. The lowest BCUT2D eigenvalue weighted by Crippen LogP contribution is -2.42. The predicted octanol–water partition coefficient (Wildman–Crippen LogP) is 1.78. The summed E-state index contributed by atoms with van der Waals surface area (Å²) in [5.74, 6) is 1.37. The number of aliphatic hydroxyl groups is 1.